The maximum atomic E-state index is 12.2. The van der Waals surface area contributed by atoms with Gasteiger partial charge in [-0.2, -0.15) is 0 Å². The van der Waals surface area contributed by atoms with E-state index in [2.05, 4.69) is 15.2 Å². The van der Waals surface area contributed by atoms with E-state index in [1.54, 1.807) is 6.20 Å². The van der Waals surface area contributed by atoms with Gasteiger partial charge in [-0.15, -0.1) is 11.3 Å². The van der Waals surface area contributed by atoms with Gasteiger partial charge in [0.25, 0.3) is 5.91 Å². The number of nitrogens with zero attached hydrogens (tertiary/aromatic N) is 3. The molecule has 2 amide bonds. The van der Waals surface area contributed by atoms with Crippen LogP contribution < -0.4 is 5.32 Å². The minimum absolute atomic E-state index is 0.0216. The number of amides is 2. The van der Waals surface area contributed by atoms with Gasteiger partial charge in [-0.05, 0) is 6.92 Å². The highest BCUT2D eigenvalue weighted by atomic mass is 32.1. The van der Waals surface area contributed by atoms with Crippen molar-refractivity contribution in [2.24, 2.45) is 0 Å². The Morgan fingerprint density at radius 2 is 2.15 bits per heavy atom. The summed E-state index contributed by atoms with van der Waals surface area (Å²) in [5.41, 5.74) is 0. The second-order valence-electron chi connectivity index (χ2n) is 5.29. The minimum atomic E-state index is 0.0216. The summed E-state index contributed by atoms with van der Waals surface area (Å²) < 4.78 is 0. The first-order valence-corrected chi connectivity index (χ1v) is 7.75. The number of aromatic nitrogens is 1. The maximum Gasteiger partial charge on any atom is 0.282 e. The van der Waals surface area contributed by atoms with Crippen LogP contribution in [0.25, 0.3) is 0 Å². The van der Waals surface area contributed by atoms with E-state index in [0.29, 0.717) is 24.5 Å². The first-order chi connectivity index (χ1) is 9.65. The zero-order valence-corrected chi connectivity index (χ0v) is 12.2. The molecule has 0 aliphatic carbocycles. The Labute approximate surface area is 121 Å². The highest BCUT2D eigenvalue weighted by molar-refractivity contribution is 7.11. The zero-order chi connectivity index (χ0) is 14.1. The fourth-order valence-corrected chi connectivity index (χ4v) is 3.54. The molecular formula is C13H18N4O2S. The van der Waals surface area contributed by atoms with Crippen molar-refractivity contribution in [1.29, 1.82) is 0 Å². The number of rotatable bonds is 2. The summed E-state index contributed by atoms with van der Waals surface area (Å²) in [7, 11) is 0. The average molecular weight is 294 g/mol. The van der Waals surface area contributed by atoms with Crippen molar-refractivity contribution in [2.45, 2.75) is 25.4 Å². The van der Waals surface area contributed by atoms with Crippen LogP contribution in [0.2, 0.25) is 0 Å². The summed E-state index contributed by atoms with van der Waals surface area (Å²) >= 11 is 1.38. The van der Waals surface area contributed by atoms with E-state index in [1.807, 2.05) is 17.2 Å². The molecule has 2 aliphatic heterocycles. The Hall–Kier alpha value is -1.47. The monoisotopic (exact) mass is 294 g/mol. The molecule has 1 aromatic heterocycles. The molecule has 0 saturated carbocycles. The number of carbonyl (C=O) groups excluding carboxylic acids is 2. The predicted octanol–water partition coefficient (Wildman–Crippen LogP) is 0.178. The highest BCUT2D eigenvalue weighted by Gasteiger charge is 2.35. The molecule has 108 valence electrons. The SMILES string of the molecule is C[C@@H]1NC(=O)C[C@H]1N1CCN(C(=O)c2nccs2)CC1. The number of thiazole rings is 1. The van der Waals surface area contributed by atoms with Crippen molar-refractivity contribution >= 4 is 23.2 Å². The van der Waals surface area contributed by atoms with Gasteiger partial charge in [-0.1, -0.05) is 0 Å². The molecule has 2 fully saturated rings. The predicted molar refractivity (Wildman–Crippen MR) is 75.6 cm³/mol. The molecule has 0 radical (unpaired) electrons. The van der Waals surface area contributed by atoms with E-state index in [1.165, 1.54) is 11.3 Å². The Bertz CT molecular complexity index is 496. The number of piperazine rings is 1. The molecule has 3 heterocycles. The van der Waals surface area contributed by atoms with Gasteiger partial charge in [0, 0.05) is 56.3 Å². The summed E-state index contributed by atoms with van der Waals surface area (Å²) in [4.78, 5) is 31.9. The molecule has 2 aliphatic rings. The van der Waals surface area contributed by atoms with Gasteiger partial charge in [0.2, 0.25) is 5.91 Å². The third-order valence-electron chi connectivity index (χ3n) is 4.05. The molecule has 0 aromatic carbocycles. The lowest BCUT2D eigenvalue weighted by molar-refractivity contribution is -0.119. The van der Waals surface area contributed by atoms with Crippen LogP contribution in [0.5, 0.6) is 0 Å². The van der Waals surface area contributed by atoms with Crippen LogP contribution in [0, 0.1) is 0 Å². The van der Waals surface area contributed by atoms with Gasteiger partial charge in [0.05, 0.1) is 0 Å². The van der Waals surface area contributed by atoms with E-state index in [4.69, 9.17) is 0 Å². The second-order valence-corrected chi connectivity index (χ2v) is 6.19. The van der Waals surface area contributed by atoms with E-state index in [-0.39, 0.29) is 23.9 Å². The van der Waals surface area contributed by atoms with E-state index < -0.39 is 0 Å². The summed E-state index contributed by atoms with van der Waals surface area (Å²) in [6.45, 7) is 5.09. The van der Waals surface area contributed by atoms with E-state index >= 15 is 0 Å². The van der Waals surface area contributed by atoms with Crippen molar-refractivity contribution in [1.82, 2.24) is 20.1 Å². The van der Waals surface area contributed by atoms with Crippen LogP contribution in [-0.4, -0.2) is 64.9 Å². The lowest BCUT2D eigenvalue weighted by Gasteiger charge is -2.38. The molecule has 20 heavy (non-hydrogen) atoms. The molecule has 7 heteroatoms. The normalized spacial score (nSPS) is 27.6. The summed E-state index contributed by atoms with van der Waals surface area (Å²) in [6.07, 6.45) is 2.23. The van der Waals surface area contributed by atoms with Gasteiger partial charge in [0.1, 0.15) is 0 Å². The Balaban J connectivity index is 1.57. The number of carbonyl (C=O) groups is 2. The molecule has 3 rings (SSSR count). The zero-order valence-electron chi connectivity index (χ0n) is 11.4. The van der Waals surface area contributed by atoms with Crippen molar-refractivity contribution < 1.29 is 9.59 Å². The topological polar surface area (TPSA) is 65.5 Å². The van der Waals surface area contributed by atoms with Crippen LogP contribution >= 0.6 is 11.3 Å². The molecule has 1 aromatic rings. The van der Waals surface area contributed by atoms with Crippen molar-refractivity contribution in [3.8, 4) is 0 Å². The van der Waals surface area contributed by atoms with Crippen molar-refractivity contribution in [2.75, 3.05) is 26.2 Å². The molecular weight excluding hydrogens is 276 g/mol. The number of hydrogen-bond donors (Lipinski definition) is 1. The van der Waals surface area contributed by atoms with Crippen LogP contribution in [0.15, 0.2) is 11.6 Å². The third kappa shape index (κ3) is 2.55. The van der Waals surface area contributed by atoms with Crippen LogP contribution in [0.4, 0.5) is 0 Å². The van der Waals surface area contributed by atoms with Crippen molar-refractivity contribution in [3.05, 3.63) is 16.6 Å². The fraction of sp³-hybridized carbons (Fsp3) is 0.615. The summed E-state index contributed by atoms with van der Waals surface area (Å²) in [5.74, 6) is 0.150. The molecule has 6 nitrogen and oxygen atoms in total. The fourth-order valence-electron chi connectivity index (χ4n) is 2.94. The Morgan fingerprint density at radius 1 is 1.40 bits per heavy atom. The van der Waals surface area contributed by atoms with E-state index in [9.17, 15) is 9.59 Å². The van der Waals surface area contributed by atoms with Gasteiger partial charge in [0.15, 0.2) is 5.01 Å². The molecule has 0 bridgehead atoms. The first-order valence-electron chi connectivity index (χ1n) is 6.87. The van der Waals surface area contributed by atoms with Gasteiger partial charge >= 0.3 is 0 Å². The van der Waals surface area contributed by atoms with Crippen LogP contribution in [0.3, 0.4) is 0 Å². The summed E-state index contributed by atoms with van der Waals surface area (Å²) in [5, 5.41) is 5.33. The van der Waals surface area contributed by atoms with Gasteiger partial charge < -0.3 is 10.2 Å². The summed E-state index contributed by atoms with van der Waals surface area (Å²) in [6, 6.07) is 0.461. The smallest absolute Gasteiger partial charge is 0.282 e. The quantitative estimate of drug-likeness (QED) is 0.845. The Morgan fingerprint density at radius 3 is 2.70 bits per heavy atom. The first kappa shape index (κ1) is 13.5. The van der Waals surface area contributed by atoms with Crippen molar-refractivity contribution in [3.63, 3.8) is 0 Å². The average Bonchev–Trinajstić information content (AvgIpc) is 3.08. The lowest BCUT2D eigenvalue weighted by atomic mass is 10.1. The Kier molecular flexibility index (Phi) is 3.71. The number of nitrogens with one attached hydrogen (secondary N) is 1. The lowest BCUT2D eigenvalue weighted by Crippen LogP contribution is -2.54. The van der Waals surface area contributed by atoms with Crippen LogP contribution in [-0.2, 0) is 4.79 Å². The van der Waals surface area contributed by atoms with Gasteiger partial charge in [-0.25, -0.2) is 4.98 Å². The number of hydrogen-bond acceptors (Lipinski definition) is 5. The standard InChI is InChI=1S/C13H18N4O2S/c1-9-10(8-11(18)15-9)16-3-5-17(6-4-16)13(19)12-14-2-7-20-12/h2,7,9-10H,3-6,8H2,1H3,(H,15,18)/t9-,10+/m0/s1. The molecule has 0 spiro atoms. The molecule has 2 atom stereocenters. The largest absolute Gasteiger partial charge is 0.352 e. The van der Waals surface area contributed by atoms with E-state index in [0.717, 1.165) is 13.1 Å². The second kappa shape index (κ2) is 5.49. The molecule has 2 saturated heterocycles. The minimum Gasteiger partial charge on any atom is -0.352 e. The molecule has 1 N–H and O–H groups in total. The molecule has 0 unspecified atom stereocenters. The maximum absolute atomic E-state index is 12.2. The highest BCUT2D eigenvalue weighted by Crippen LogP contribution is 2.18. The third-order valence-corrected chi connectivity index (χ3v) is 4.81. The van der Waals surface area contributed by atoms with Gasteiger partial charge in [-0.3, -0.25) is 14.5 Å². The van der Waals surface area contributed by atoms with Crippen LogP contribution in [0.1, 0.15) is 23.1 Å².